The second kappa shape index (κ2) is 14.9. The lowest BCUT2D eigenvalue weighted by atomic mass is 9.77. The van der Waals surface area contributed by atoms with Crippen molar-refractivity contribution in [3.8, 4) is 0 Å². The van der Waals surface area contributed by atoms with E-state index in [-0.39, 0.29) is 37.3 Å². The molecule has 12 nitrogen and oxygen atoms in total. The van der Waals surface area contributed by atoms with Crippen molar-refractivity contribution in [2.75, 3.05) is 66.1 Å². The number of likely N-dealkylation sites (N-methyl/N-ethyl adjacent to an activating group) is 1. The van der Waals surface area contributed by atoms with Crippen LogP contribution >= 0.6 is 0 Å². The van der Waals surface area contributed by atoms with Crippen molar-refractivity contribution in [2.45, 2.75) is 62.5 Å². The van der Waals surface area contributed by atoms with Crippen LogP contribution in [0.1, 0.15) is 44.3 Å². The van der Waals surface area contributed by atoms with Crippen LogP contribution in [-0.2, 0) is 33.4 Å². The summed E-state index contributed by atoms with van der Waals surface area (Å²) >= 11 is 0. The Bertz CT molecular complexity index is 1400. The number of likely N-dealkylation sites (tertiary alicyclic amines) is 1. The first-order chi connectivity index (χ1) is 23.3. The van der Waals surface area contributed by atoms with Crippen LogP contribution in [0.25, 0.3) is 0 Å². The van der Waals surface area contributed by atoms with Crippen molar-refractivity contribution >= 4 is 23.7 Å². The fourth-order valence-corrected chi connectivity index (χ4v) is 7.86. The molecule has 1 aromatic carbocycles. The first-order valence-corrected chi connectivity index (χ1v) is 17.3. The SMILES string of the molecule is C[C@@H]1[C@@H](c2ccccc2)OC(=O)[C@@H]2[C@H]3C(=O)N(CCCCO)[C@@H]4C(=O)N(CCN5CCOCC5)CC=C[C@]34O[C@@H]2/C=C\CCC(=O)N1C. The van der Waals surface area contributed by atoms with Gasteiger partial charge >= 0.3 is 5.97 Å². The Kier molecular flexibility index (Phi) is 10.6. The number of carbonyl (C=O) groups excluding carboxylic acids is 4. The zero-order valence-corrected chi connectivity index (χ0v) is 27.9. The highest BCUT2D eigenvalue weighted by molar-refractivity contribution is 5.99. The van der Waals surface area contributed by atoms with Crippen LogP contribution < -0.4 is 0 Å². The molecule has 1 N–H and O–H groups in total. The van der Waals surface area contributed by atoms with E-state index in [1.54, 1.807) is 27.8 Å². The van der Waals surface area contributed by atoms with Gasteiger partial charge in [-0.2, -0.15) is 0 Å². The van der Waals surface area contributed by atoms with Crippen LogP contribution in [0, 0.1) is 11.8 Å². The minimum atomic E-state index is -1.39. The number of hydrogen-bond acceptors (Lipinski definition) is 9. The number of aliphatic hydroxyl groups excluding tert-OH is 1. The smallest absolute Gasteiger partial charge is 0.313 e. The van der Waals surface area contributed by atoms with E-state index >= 15 is 0 Å². The van der Waals surface area contributed by atoms with E-state index in [4.69, 9.17) is 14.2 Å². The maximum absolute atomic E-state index is 14.6. The van der Waals surface area contributed by atoms with Gasteiger partial charge in [-0.1, -0.05) is 54.6 Å². The van der Waals surface area contributed by atoms with Crippen LogP contribution in [0.2, 0.25) is 0 Å². The summed E-state index contributed by atoms with van der Waals surface area (Å²) in [6.07, 6.45) is 7.33. The number of cyclic esters (lactones) is 1. The third kappa shape index (κ3) is 6.55. The van der Waals surface area contributed by atoms with Crippen molar-refractivity contribution in [3.63, 3.8) is 0 Å². The number of fused-ring (bicyclic) bond motifs is 2. The number of ether oxygens (including phenoxy) is 3. The van der Waals surface area contributed by atoms with E-state index in [0.29, 0.717) is 52.1 Å². The topological polar surface area (TPSA) is 129 Å². The summed E-state index contributed by atoms with van der Waals surface area (Å²) in [4.78, 5) is 63.9. The number of benzene rings is 1. The predicted octanol–water partition coefficient (Wildman–Crippen LogP) is 1.55. The van der Waals surface area contributed by atoms with Crippen LogP contribution in [0.3, 0.4) is 0 Å². The Morgan fingerprint density at radius 1 is 0.958 bits per heavy atom. The third-order valence-electron chi connectivity index (χ3n) is 10.6. The highest BCUT2D eigenvalue weighted by Crippen LogP contribution is 2.53. The second-order valence-electron chi connectivity index (χ2n) is 13.4. The van der Waals surface area contributed by atoms with E-state index < -0.39 is 47.7 Å². The summed E-state index contributed by atoms with van der Waals surface area (Å²) in [6.45, 7) is 6.49. The lowest BCUT2D eigenvalue weighted by molar-refractivity contribution is -0.164. The van der Waals surface area contributed by atoms with Gasteiger partial charge in [0.15, 0.2) is 0 Å². The number of carbonyl (C=O) groups is 4. The van der Waals surface area contributed by atoms with Gasteiger partial charge < -0.3 is 34.0 Å². The van der Waals surface area contributed by atoms with Gasteiger partial charge in [-0.3, -0.25) is 24.1 Å². The molecule has 0 bridgehead atoms. The molecule has 5 heterocycles. The molecule has 0 radical (unpaired) electrons. The second-order valence-corrected chi connectivity index (χ2v) is 13.4. The first kappa shape index (κ1) is 34.3. The van der Waals surface area contributed by atoms with E-state index in [0.717, 1.165) is 18.7 Å². The Balaban J connectivity index is 1.36. The quantitative estimate of drug-likeness (QED) is 0.250. The van der Waals surface area contributed by atoms with Crippen molar-refractivity contribution in [1.29, 1.82) is 0 Å². The maximum Gasteiger partial charge on any atom is 0.313 e. The normalized spacial score (nSPS) is 33.8. The van der Waals surface area contributed by atoms with Gasteiger partial charge in [0.1, 0.15) is 23.7 Å². The van der Waals surface area contributed by atoms with Crippen LogP contribution in [0.15, 0.2) is 54.6 Å². The summed E-state index contributed by atoms with van der Waals surface area (Å²) in [5, 5.41) is 9.52. The molecule has 0 aromatic heterocycles. The Hall–Kier alpha value is -3.58. The minimum Gasteiger partial charge on any atom is -0.455 e. The molecular weight excluding hydrogens is 616 g/mol. The highest BCUT2D eigenvalue weighted by atomic mass is 16.6. The Morgan fingerprint density at radius 3 is 2.48 bits per heavy atom. The summed E-state index contributed by atoms with van der Waals surface area (Å²) in [5.41, 5.74) is -0.655. The molecule has 3 fully saturated rings. The molecule has 5 aliphatic heterocycles. The van der Waals surface area contributed by atoms with Gasteiger partial charge in [0.05, 0.1) is 31.3 Å². The minimum absolute atomic E-state index is 0.0326. The van der Waals surface area contributed by atoms with E-state index in [1.165, 1.54) is 0 Å². The average molecular weight is 665 g/mol. The zero-order valence-electron chi connectivity index (χ0n) is 27.9. The fourth-order valence-electron chi connectivity index (χ4n) is 7.86. The molecule has 12 heteroatoms. The average Bonchev–Trinajstić information content (AvgIpc) is 3.49. The number of rotatable bonds is 8. The maximum atomic E-state index is 14.6. The molecule has 3 amide bonds. The van der Waals surface area contributed by atoms with Crippen LogP contribution in [0.4, 0.5) is 0 Å². The molecule has 48 heavy (non-hydrogen) atoms. The van der Waals surface area contributed by atoms with Gasteiger partial charge in [0.25, 0.3) is 0 Å². The molecule has 0 aliphatic carbocycles. The number of amides is 3. The molecule has 0 saturated carbocycles. The standard InChI is InChI=1S/C36H48N4O8/c1-25-31(26-11-4-3-5-12-26)47-35(45)29-27(13-6-7-14-28(42)37(25)2)48-36-15-10-16-39(19-18-38-20-23-46-24-21-38)34(44)32(36)40(17-8-9-22-41)33(43)30(29)36/h3-6,10-13,15,25,27,29-32,41H,7-9,14,16-24H2,1-2H3/b13-6-/t25-,27-,29+,30+,31+,32-,36+/m1/s1. The van der Waals surface area contributed by atoms with Gasteiger partial charge in [-0.05, 0) is 31.7 Å². The van der Waals surface area contributed by atoms with Gasteiger partial charge in [-0.25, -0.2) is 0 Å². The molecule has 5 aliphatic rings. The highest BCUT2D eigenvalue weighted by Gasteiger charge is 2.71. The predicted molar refractivity (Wildman–Crippen MR) is 175 cm³/mol. The van der Waals surface area contributed by atoms with Crippen molar-refractivity contribution in [3.05, 3.63) is 60.2 Å². The summed E-state index contributed by atoms with van der Waals surface area (Å²) in [6, 6.07) is 7.85. The number of esters is 1. The van der Waals surface area contributed by atoms with Gasteiger partial charge in [-0.15, -0.1) is 0 Å². The zero-order chi connectivity index (χ0) is 33.8. The third-order valence-corrected chi connectivity index (χ3v) is 10.6. The number of hydrogen-bond donors (Lipinski definition) is 1. The Morgan fingerprint density at radius 2 is 1.73 bits per heavy atom. The monoisotopic (exact) mass is 664 g/mol. The molecule has 0 unspecified atom stereocenters. The molecule has 260 valence electrons. The molecule has 7 atom stereocenters. The first-order valence-electron chi connectivity index (χ1n) is 17.3. The molecule has 6 rings (SSSR count). The number of morpholine rings is 1. The number of aliphatic hydroxyl groups is 1. The van der Waals surface area contributed by atoms with E-state index in [9.17, 15) is 24.3 Å². The summed E-state index contributed by atoms with van der Waals surface area (Å²) in [7, 11) is 1.71. The van der Waals surface area contributed by atoms with E-state index in [1.807, 2.05) is 55.5 Å². The number of allylic oxidation sites excluding steroid dienone is 1. The number of unbranched alkanes of at least 4 members (excludes halogenated alkanes) is 1. The van der Waals surface area contributed by atoms with Crippen molar-refractivity contribution in [1.82, 2.24) is 19.6 Å². The van der Waals surface area contributed by atoms with E-state index in [2.05, 4.69) is 4.90 Å². The molecule has 1 aromatic rings. The van der Waals surface area contributed by atoms with Crippen molar-refractivity contribution in [2.24, 2.45) is 11.8 Å². The van der Waals surface area contributed by atoms with Gasteiger partial charge in [0, 0.05) is 59.3 Å². The van der Waals surface area contributed by atoms with Crippen molar-refractivity contribution < 1.29 is 38.5 Å². The largest absolute Gasteiger partial charge is 0.455 e. The molecule has 3 saturated heterocycles. The lowest BCUT2D eigenvalue weighted by Crippen LogP contribution is -2.56. The lowest BCUT2D eigenvalue weighted by Gasteiger charge is -2.36. The van der Waals surface area contributed by atoms with Gasteiger partial charge in [0.2, 0.25) is 17.7 Å². The summed E-state index contributed by atoms with van der Waals surface area (Å²) < 4.78 is 18.6. The van der Waals surface area contributed by atoms with Crippen LogP contribution in [-0.4, -0.2) is 138 Å². The fraction of sp³-hybridized carbons (Fsp3) is 0.611. The summed E-state index contributed by atoms with van der Waals surface area (Å²) in [5.74, 6) is -3.24. The molecule has 1 spiro atoms. The number of nitrogens with zero attached hydrogens (tertiary/aromatic N) is 4. The molecular formula is C36H48N4O8. The Labute approximate surface area is 282 Å². The van der Waals surface area contributed by atoms with Crippen LogP contribution in [0.5, 0.6) is 0 Å².